The fourth-order valence-corrected chi connectivity index (χ4v) is 4.45. The lowest BCUT2D eigenvalue weighted by atomic mass is 10.1. The summed E-state index contributed by atoms with van der Waals surface area (Å²) in [6.45, 7) is 5.73. The highest BCUT2D eigenvalue weighted by atomic mass is 79.9. The molecule has 1 aliphatic rings. The van der Waals surface area contributed by atoms with E-state index >= 15 is 0 Å². The van der Waals surface area contributed by atoms with Gasteiger partial charge in [0.05, 0.1) is 4.90 Å². The number of halogens is 1. The second-order valence-corrected chi connectivity index (χ2v) is 7.42. The molecule has 4 nitrogen and oxygen atoms in total. The zero-order valence-corrected chi connectivity index (χ0v) is 13.4. The summed E-state index contributed by atoms with van der Waals surface area (Å²) in [5, 5.41) is 0. The number of likely N-dealkylation sites (tertiary alicyclic amines) is 1. The number of rotatable bonds is 5. The Morgan fingerprint density at radius 3 is 2.79 bits per heavy atom. The van der Waals surface area contributed by atoms with Crippen molar-refractivity contribution in [3.63, 3.8) is 0 Å². The van der Waals surface area contributed by atoms with Gasteiger partial charge in [0.25, 0.3) is 0 Å². The third-order valence-electron chi connectivity index (χ3n) is 3.51. The summed E-state index contributed by atoms with van der Waals surface area (Å²) in [7, 11) is -3.42. The molecule has 106 valence electrons. The molecule has 1 aromatic carbocycles. The first kappa shape index (κ1) is 15.0. The van der Waals surface area contributed by atoms with Crippen molar-refractivity contribution in [2.45, 2.75) is 18.2 Å². The minimum Gasteiger partial charge on any atom is -0.303 e. The second-order valence-electron chi connectivity index (χ2n) is 4.83. The Bertz CT molecular complexity index is 533. The molecule has 0 bridgehead atoms. The number of hydrogen-bond donors (Lipinski definition) is 1. The van der Waals surface area contributed by atoms with Gasteiger partial charge in [-0.2, -0.15) is 0 Å². The first-order chi connectivity index (χ1) is 9.03. The van der Waals surface area contributed by atoms with Gasteiger partial charge in [-0.15, -0.1) is 0 Å². The maximum Gasteiger partial charge on any atom is 0.241 e. The maximum absolute atomic E-state index is 12.2. The van der Waals surface area contributed by atoms with E-state index in [0.29, 0.717) is 21.8 Å². The monoisotopic (exact) mass is 346 g/mol. The zero-order chi connectivity index (χ0) is 13.9. The predicted octanol–water partition coefficient (Wildman–Crippen LogP) is 2.07. The summed E-state index contributed by atoms with van der Waals surface area (Å²) in [6, 6.07) is 6.88. The molecule has 1 unspecified atom stereocenters. The molecule has 0 radical (unpaired) electrons. The van der Waals surface area contributed by atoms with Crippen LogP contribution in [0.5, 0.6) is 0 Å². The molecule has 1 atom stereocenters. The van der Waals surface area contributed by atoms with Crippen LogP contribution in [0.2, 0.25) is 0 Å². The lowest BCUT2D eigenvalue weighted by molar-refractivity contribution is 0.342. The van der Waals surface area contributed by atoms with E-state index in [-0.39, 0.29) is 0 Å². The quantitative estimate of drug-likeness (QED) is 0.887. The van der Waals surface area contributed by atoms with Gasteiger partial charge in [-0.05, 0) is 53.5 Å². The number of nitrogens with one attached hydrogen (secondary N) is 1. The van der Waals surface area contributed by atoms with Crippen LogP contribution in [0.4, 0.5) is 0 Å². The van der Waals surface area contributed by atoms with Crippen LogP contribution in [0.3, 0.4) is 0 Å². The van der Waals surface area contributed by atoms with Crippen molar-refractivity contribution in [3.8, 4) is 0 Å². The van der Waals surface area contributed by atoms with Crippen LogP contribution < -0.4 is 4.72 Å². The molecule has 6 heteroatoms. The van der Waals surface area contributed by atoms with Crippen LogP contribution in [0, 0.1) is 5.92 Å². The number of sulfonamides is 1. The Balaban J connectivity index is 1.97. The summed E-state index contributed by atoms with van der Waals surface area (Å²) in [6.07, 6.45) is 1.06. The molecule has 0 aromatic heterocycles. The van der Waals surface area contributed by atoms with Crippen molar-refractivity contribution >= 4 is 26.0 Å². The highest BCUT2D eigenvalue weighted by Crippen LogP contribution is 2.21. The number of hydrogen-bond acceptors (Lipinski definition) is 3. The molecule has 2 rings (SSSR count). The summed E-state index contributed by atoms with van der Waals surface area (Å²) in [4.78, 5) is 2.65. The van der Waals surface area contributed by atoms with E-state index in [1.165, 1.54) is 0 Å². The van der Waals surface area contributed by atoms with Crippen LogP contribution >= 0.6 is 15.9 Å². The van der Waals surface area contributed by atoms with Gasteiger partial charge in [-0.1, -0.05) is 19.1 Å². The first-order valence-electron chi connectivity index (χ1n) is 6.49. The normalized spacial score (nSPS) is 20.8. The molecule has 0 saturated carbocycles. The van der Waals surface area contributed by atoms with E-state index in [1.54, 1.807) is 24.3 Å². The second kappa shape index (κ2) is 6.35. The van der Waals surface area contributed by atoms with E-state index in [1.807, 2.05) is 0 Å². The third-order valence-corrected chi connectivity index (χ3v) is 5.94. The van der Waals surface area contributed by atoms with Gasteiger partial charge in [-0.25, -0.2) is 13.1 Å². The average Bonchev–Trinajstić information content (AvgIpc) is 2.85. The molecular weight excluding hydrogens is 328 g/mol. The molecule has 1 saturated heterocycles. The summed E-state index contributed by atoms with van der Waals surface area (Å²) < 4.78 is 27.7. The SMILES string of the molecule is CCN1CCC(CNS(=O)(=O)c2ccccc2Br)C1. The molecule has 1 heterocycles. The molecule has 19 heavy (non-hydrogen) atoms. The number of benzene rings is 1. The highest BCUT2D eigenvalue weighted by molar-refractivity contribution is 9.10. The molecular formula is C13H19BrN2O2S. The predicted molar refractivity (Wildman–Crippen MR) is 79.6 cm³/mol. The topological polar surface area (TPSA) is 49.4 Å². The van der Waals surface area contributed by atoms with Crippen LogP contribution in [0.25, 0.3) is 0 Å². The molecule has 0 amide bonds. The Hall–Kier alpha value is -0.430. The van der Waals surface area contributed by atoms with Gasteiger partial charge >= 0.3 is 0 Å². The van der Waals surface area contributed by atoms with Crippen LogP contribution in [0.1, 0.15) is 13.3 Å². The van der Waals surface area contributed by atoms with E-state index < -0.39 is 10.0 Å². The van der Waals surface area contributed by atoms with Gasteiger partial charge in [0.2, 0.25) is 10.0 Å². The summed E-state index contributed by atoms with van der Waals surface area (Å²) >= 11 is 3.28. The molecule has 1 fully saturated rings. The van der Waals surface area contributed by atoms with Crippen LogP contribution in [-0.4, -0.2) is 39.5 Å². The van der Waals surface area contributed by atoms with E-state index in [0.717, 1.165) is 26.1 Å². The lowest BCUT2D eigenvalue weighted by Crippen LogP contribution is -2.31. The zero-order valence-electron chi connectivity index (χ0n) is 11.0. The van der Waals surface area contributed by atoms with Gasteiger partial charge < -0.3 is 4.90 Å². The minimum absolute atomic E-state index is 0.306. The average molecular weight is 347 g/mol. The standard InChI is InChI=1S/C13H19BrN2O2S/c1-2-16-8-7-11(10-16)9-15-19(17,18)13-6-4-3-5-12(13)14/h3-6,11,15H,2,7-10H2,1H3. The van der Waals surface area contributed by atoms with E-state index in [4.69, 9.17) is 0 Å². The lowest BCUT2D eigenvalue weighted by Gasteiger charge is -2.14. The van der Waals surface area contributed by atoms with Crippen molar-refractivity contribution < 1.29 is 8.42 Å². The minimum atomic E-state index is -3.42. The highest BCUT2D eigenvalue weighted by Gasteiger charge is 2.24. The Labute approximate surface area is 123 Å². The van der Waals surface area contributed by atoms with Crippen LogP contribution in [-0.2, 0) is 10.0 Å². The number of nitrogens with zero attached hydrogens (tertiary/aromatic N) is 1. The molecule has 1 N–H and O–H groups in total. The third kappa shape index (κ3) is 3.78. The van der Waals surface area contributed by atoms with Crippen molar-refractivity contribution in [2.24, 2.45) is 5.92 Å². The van der Waals surface area contributed by atoms with Crippen molar-refractivity contribution in [1.29, 1.82) is 0 Å². The summed E-state index contributed by atoms with van der Waals surface area (Å²) in [5.74, 6) is 0.414. The van der Waals surface area contributed by atoms with Gasteiger partial charge in [0, 0.05) is 17.6 Å². The molecule has 1 aliphatic heterocycles. The largest absolute Gasteiger partial charge is 0.303 e. The molecule has 0 spiro atoms. The smallest absolute Gasteiger partial charge is 0.241 e. The van der Waals surface area contributed by atoms with E-state index in [2.05, 4.69) is 32.5 Å². The fraction of sp³-hybridized carbons (Fsp3) is 0.538. The van der Waals surface area contributed by atoms with Gasteiger partial charge in [0.15, 0.2) is 0 Å². The molecule has 1 aromatic rings. The van der Waals surface area contributed by atoms with Crippen molar-refractivity contribution in [3.05, 3.63) is 28.7 Å². The van der Waals surface area contributed by atoms with Crippen LogP contribution in [0.15, 0.2) is 33.6 Å². The van der Waals surface area contributed by atoms with Gasteiger partial charge in [-0.3, -0.25) is 0 Å². The maximum atomic E-state index is 12.2. The first-order valence-corrected chi connectivity index (χ1v) is 8.77. The van der Waals surface area contributed by atoms with Crippen molar-refractivity contribution in [1.82, 2.24) is 9.62 Å². The Morgan fingerprint density at radius 2 is 2.16 bits per heavy atom. The fourth-order valence-electron chi connectivity index (χ4n) is 2.33. The van der Waals surface area contributed by atoms with Gasteiger partial charge in [0.1, 0.15) is 0 Å². The summed E-state index contributed by atoms with van der Waals surface area (Å²) in [5.41, 5.74) is 0. The van der Waals surface area contributed by atoms with E-state index in [9.17, 15) is 8.42 Å². The molecule has 0 aliphatic carbocycles. The van der Waals surface area contributed by atoms with Crippen molar-refractivity contribution in [2.75, 3.05) is 26.2 Å². The Morgan fingerprint density at radius 1 is 1.42 bits per heavy atom. The Kier molecular flexibility index (Phi) is 5.00.